The van der Waals surface area contributed by atoms with Gasteiger partial charge < -0.3 is 19.9 Å². The van der Waals surface area contributed by atoms with Crippen LogP contribution in [0.25, 0.3) is 11.0 Å². The van der Waals surface area contributed by atoms with E-state index in [1.165, 1.54) is 0 Å². The molecule has 0 radical (unpaired) electrons. The van der Waals surface area contributed by atoms with Gasteiger partial charge in [0.15, 0.2) is 0 Å². The molecule has 0 aliphatic heterocycles. The third kappa shape index (κ3) is 3.01. The zero-order valence-corrected chi connectivity index (χ0v) is 9.80. The molecular formula is C13H15NO4. The number of benzene rings is 1. The smallest absolute Gasteiger partial charge is 0.303 e. The predicted octanol–water partition coefficient (Wildman–Crippen LogP) is 2.07. The van der Waals surface area contributed by atoms with Gasteiger partial charge in [0, 0.05) is 18.4 Å². The van der Waals surface area contributed by atoms with Gasteiger partial charge in [-0.1, -0.05) is 12.1 Å². The van der Waals surface area contributed by atoms with E-state index in [2.05, 4.69) is 5.32 Å². The number of aliphatic hydroxyl groups is 1. The van der Waals surface area contributed by atoms with Crippen LogP contribution in [0.15, 0.2) is 34.9 Å². The van der Waals surface area contributed by atoms with Crippen molar-refractivity contribution in [3.63, 3.8) is 0 Å². The number of rotatable bonds is 6. The van der Waals surface area contributed by atoms with Crippen molar-refractivity contribution in [2.24, 2.45) is 0 Å². The number of fused-ring (bicyclic) bond motifs is 1. The van der Waals surface area contributed by atoms with Gasteiger partial charge in [-0.05, 0) is 18.6 Å². The van der Waals surface area contributed by atoms with E-state index < -0.39 is 12.1 Å². The van der Waals surface area contributed by atoms with Crippen molar-refractivity contribution in [1.29, 1.82) is 0 Å². The Morgan fingerprint density at radius 1 is 1.39 bits per heavy atom. The Morgan fingerprint density at radius 3 is 2.94 bits per heavy atom. The van der Waals surface area contributed by atoms with Crippen LogP contribution in [0.5, 0.6) is 0 Å². The second-order valence-corrected chi connectivity index (χ2v) is 4.11. The average molecular weight is 249 g/mol. The first-order chi connectivity index (χ1) is 8.66. The Balaban J connectivity index is 1.92. The second-order valence-electron chi connectivity index (χ2n) is 4.11. The topological polar surface area (TPSA) is 82.7 Å². The molecular weight excluding hydrogens is 234 g/mol. The first-order valence-corrected chi connectivity index (χ1v) is 5.77. The third-order valence-corrected chi connectivity index (χ3v) is 2.70. The lowest BCUT2D eigenvalue weighted by atomic mass is 10.2. The third-order valence-electron chi connectivity index (χ3n) is 2.70. The van der Waals surface area contributed by atoms with Crippen molar-refractivity contribution in [2.75, 3.05) is 11.9 Å². The Kier molecular flexibility index (Phi) is 3.84. The van der Waals surface area contributed by atoms with E-state index in [4.69, 9.17) is 9.52 Å². The molecule has 2 aromatic rings. The number of carbonyl (C=O) groups is 1. The van der Waals surface area contributed by atoms with Crippen molar-refractivity contribution in [3.05, 3.63) is 30.5 Å². The summed E-state index contributed by atoms with van der Waals surface area (Å²) in [7, 11) is 0. The quantitative estimate of drug-likeness (QED) is 0.730. The van der Waals surface area contributed by atoms with Crippen LogP contribution in [0.2, 0.25) is 0 Å². The minimum atomic E-state index is -0.900. The molecule has 0 aliphatic carbocycles. The number of carboxylic acid groups (broad SMARTS) is 1. The first kappa shape index (κ1) is 12.4. The molecule has 1 unspecified atom stereocenters. The highest BCUT2D eigenvalue weighted by Gasteiger charge is 2.09. The maximum Gasteiger partial charge on any atom is 0.303 e. The number of carboxylic acids is 1. The molecule has 18 heavy (non-hydrogen) atoms. The van der Waals surface area contributed by atoms with Gasteiger partial charge in [0.1, 0.15) is 11.8 Å². The summed E-state index contributed by atoms with van der Waals surface area (Å²) in [4.78, 5) is 10.4. The van der Waals surface area contributed by atoms with Crippen LogP contribution >= 0.6 is 0 Å². The van der Waals surface area contributed by atoms with E-state index in [1.54, 1.807) is 6.26 Å². The maximum absolute atomic E-state index is 10.4. The standard InChI is InChI=1S/C13H15NO4/c15-9(5-6-13(16)17)7-14-11-8-18-12-4-2-1-3-10(11)12/h1-4,8-9,14-15H,5-7H2,(H,16,17). The lowest BCUT2D eigenvalue weighted by Crippen LogP contribution is -2.20. The fraction of sp³-hybridized carbons (Fsp3) is 0.308. The van der Waals surface area contributed by atoms with Crippen LogP contribution < -0.4 is 5.32 Å². The molecule has 0 amide bonds. The molecule has 2 rings (SSSR count). The Morgan fingerprint density at radius 2 is 2.17 bits per heavy atom. The van der Waals surface area contributed by atoms with Crippen molar-refractivity contribution in [3.8, 4) is 0 Å². The van der Waals surface area contributed by atoms with Gasteiger partial charge >= 0.3 is 5.97 Å². The SMILES string of the molecule is O=C(O)CCC(O)CNc1coc2ccccc12. The van der Waals surface area contributed by atoms with Crippen molar-refractivity contribution >= 4 is 22.6 Å². The Hall–Kier alpha value is -2.01. The summed E-state index contributed by atoms with van der Waals surface area (Å²) in [6.07, 6.45) is 1.11. The summed E-state index contributed by atoms with van der Waals surface area (Å²) in [5.41, 5.74) is 1.58. The molecule has 0 saturated heterocycles. The normalized spacial score (nSPS) is 12.5. The number of nitrogens with one attached hydrogen (secondary N) is 1. The van der Waals surface area contributed by atoms with Crippen LogP contribution in [-0.2, 0) is 4.79 Å². The number of aliphatic carboxylic acids is 1. The molecule has 1 aromatic heterocycles. The number of hydrogen-bond acceptors (Lipinski definition) is 4. The lowest BCUT2D eigenvalue weighted by molar-refractivity contribution is -0.137. The molecule has 0 saturated carbocycles. The van der Waals surface area contributed by atoms with Gasteiger partial charge in [0.25, 0.3) is 0 Å². The van der Waals surface area contributed by atoms with Crippen LogP contribution in [0, 0.1) is 0 Å². The maximum atomic E-state index is 10.4. The number of hydrogen-bond donors (Lipinski definition) is 3. The molecule has 3 N–H and O–H groups in total. The highest BCUT2D eigenvalue weighted by molar-refractivity contribution is 5.90. The van der Waals surface area contributed by atoms with Gasteiger partial charge in [-0.2, -0.15) is 0 Å². The van der Waals surface area contributed by atoms with Gasteiger partial charge in [0.2, 0.25) is 0 Å². The van der Waals surface area contributed by atoms with E-state index in [0.717, 1.165) is 16.7 Å². The van der Waals surface area contributed by atoms with Crippen molar-refractivity contribution < 1.29 is 19.4 Å². The largest absolute Gasteiger partial charge is 0.481 e. The molecule has 0 bridgehead atoms. The van der Waals surface area contributed by atoms with Gasteiger partial charge in [-0.15, -0.1) is 0 Å². The monoisotopic (exact) mass is 249 g/mol. The second kappa shape index (κ2) is 5.55. The van der Waals surface area contributed by atoms with E-state index in [1.807, 2.05) is 24.3 Å². The summed E-state index contributed by atoms with van der Waals surface area (Å²) in [5.74, 6) is -0.900. The summed E-state index contributed by atoms with van der Waals surface area (Å²) >= 11 is 0. The molecule has 1 aromatic carbocycles. The van der Waals surface area contributed by atoms with Crippen molar-refractivity contribution in [2.45, 2.75) is 18.9 Å². The summed E-state index contributed by atoms with van der Waals surface area (Å²) in [6.45, 7) is 0.302. The highest BCUT2D eigenvalue weighted by Crippen LogP contribution is 2.25. The number of anilines is 1. The zero-order chi connectivity index (χ0) is 13.0. The van der Waals surface area contributed by atoms with Gasteiger partial charge in [-0.25, -0.2) is 0 Å². The fourth-order valence-corrected chi connectivity index (χ4v) is 1.73. The molecule has 1 atom stereocenters. The number of para-hydroxylation sites is 1. The van der Waals surface area contributed by atoms with E-state index in [9.17, 15) is 9.90 Å². The number of furan rings is 1. The molecule has 5 nitrogen and oxygen atoms in total. The van der Waals surface area contributed by atoms with E-state index in [-0.39, 0.29) is 12.8 Å². The lowest BCUT2D eigenvalue weighted by Gasteiger charge is -2.10. The fourth-order valence-electron chi connectivity index (χ4n) is 1.73. The molecule has 5 heteroatoms. The van der Waals surface area contributed by atoms with Crippen LogP contribution in [0.4, 0.5) is 5.69 Å². The van der Waals surface area contributed by atoms with E-state index in [0.29, 0.717) is 6.54 Å². The van der Waals surface area contributed by atoms with Crippen LogP contribution in [-0.4, -0.2) is 28.8 Å². The number of aliphatic hydroxyl groups excluding tert-OH is 1. The predicted molar refractivity (Wildman–Crippen MR) is 67.6 cm³/mol. The highest BCUT2D eigenvalue weighted by atomic mass is 16.4. The molecule has 1 heterocycles. The summed E-state index contributed by atoms with van der Waals surface area (Å²) in [5, 5.41) is 22.1. The zero-order valence-electron chi connectivity index (χ0n) is 9.80. The minimum Gasteiger partial charge on any atom is -0.481 e. The van der Waals surface area contributed by atoms with E-state index >= 15 is 0 Å². The van der Waals surface area contributed by atoms with Crippen molar-refractivity contribution in [1.82, 2.24) is 0 Å². The minimum absolute atomic E-state index is 0.0328. The molecule has 0 spiro atoms. The molecule has 96 valence electrons. The van der Waals surface area contributed by atoms with Gasteiger partial charge in [0.05, 0.1) is 11.8 Å². The summed E-state index contributed by atoms with van der Waals surface area (Å²) < 4.78 is 5.34. The van der Waals surface area contributed by atoms with Gasteiger partial charge in [-0.3, -0.25) is 4.79 Å². The molecule has 0 aliphatic rings. The Labute approximate surface area is 104 Å². The first-order valence-electron chi connectivity index (χ1n) is 5.77. The summed E-state index contributed by atoms with van der Waals surface area (Å²) in [6, 6.07) is 7.58. The Bertz CT molecular complexity index is 535. The van der Waals surface area contributed by atoms with Crippen LogP contribution in [0.3, 0.4) is 0 Å². The molecule has 0 fully saturated rings. The average Bonchev–Trinajstić information content (AvgIpc) is 2.77. The van der Waals surface area contributed by atoms with Crippen LogP contribution in [0.1, 0.15) is 12.8 Å².